The van der Waals surface area contributed by atoms with Gasteiger partial charge < -0.3 is 10.1 Å². The van der Waals surface area contributed by atoms with Gasteiger partial charge in [0.05, 0.1) is 0 Å². The van der Waals surface area contributed by atoms with Crippen LogP contribution in [0.4, 0.5) is 26.3 Å². The summed E-state index contributed by atoms with van der Waals surface area (Å²) in [6, 6.07) is 0.291. The summed E-state index contributed by atoms with van der Waals surface area (Å²) in [6.45, 7) is -1.72. The van der Waals surface area contributed by atoms with E-state index in [1.165, 1.54) is 7.05 Å². The molecule has 0 aliphatic rings. The van der Waals surface area contributed by atoms with Crippen LogP contribution in [0.3, 0.4) is 0 Å². The highest BCUT2D eigenvalue weighted by Gasteiger charge is 2.27. The largest absolute Gasteiger partial charge is 0.411 e. The molecule has 1 unspecified atom stereocenters. The quantitative estimate of drug-likeness (QED) is 0.494. The van der Waals surface area contributed by atoms with E-state index < -0.39 is 36.3 Å². The molecule has 0 heterocycles. The number of alkyl halides is 3. The molecule has 0 aliphatic heterocycles. The van der Waals surface area contributed by atoms with Gasteiger partial charge in [-0.2, -0.15) is 13.2 Å². The van der Waals surface area contributed by atoms with Crippen LogP contribution in [0.25, 0.3) is 0 Å². The van der Waals surface area contributed by atoms with Gasteiger partial charge in [0, 0.05) is 24.3 Å². The number of benzene rings is 1. The maximum atomic E-state index is 13.5. The Hall–Kier alpha value is -1.28. The fraction of sp³-hybridized carbons (Fsp3) is 0.500. The zero-order chi connectivity index (χ0) is 15.3. The minimum absolute atomic E-state index is 0.0193. The molecule has 0 saturated carbocycles. The summed E-state index contributed by atoms with van der Waals surface area (Å²) in [7, 11) is 1.43. The minimum Gasteiger partial charge on any atom is -0.372 e. The first-order valence-electron chi connectivity index (χ1n) is 5.71. The second kappa shape index (κ2) is 6.94. The first kappa shape index (κ1) is 16.8. The van der Waals surface area contributed by atoms with Gasteiger partial charge in [-0.25, -0.2) is 13.2 Å². The third kappa shape index (κ3) is 5.01. The van der Waals surface area contributed by atoms with E-state index in [0.717, 1.165) is 0 Å². The average Bonchev–Trinajstić information content (AvgIpc) is 2.33. The Labute approximate surface area is 111 Å². The molecule has 8 heteroatoms. The number of rotatable bonds is 6. The van der Waals surface area contributed by atoms with E-state index in [1.807, 2.05) is 0 Å². The molecule has 114 valence electrons. The van der Waals surface area contributed by atoms with Crippen molar-refractivity contribution in [2.24, 2.45) is 0 Å². The molecule has 0 amide bonds. The van der Waals surface area contributed by atoms with Gasteiger partial charge in [0.2, 0.25) is 0 Å². The van der Waals surface area contributed by atoms with Gasteiger partial charge in [-0.1, -0.05) is 0 Å². The van der Waals surface area contributed by atoms with Gasteiger partial charge in [0.25, 0.3) is 0 Å². The van der Waals surface area contributed by atoms with Gasteiger partial charge in [0.15, 0.2) is 11.6 Å². The van der Waals surface area contributed by atoms with Crippen LogP contribution in [0.2, 0.25) is 0 Å². The SMILES string of the molecule is CNC(CCOCC(F)(F)F)c1cc(F)c(F)cc1F. The highest BCUT2D eigenvalue weighted by Crippen LogP contribution is 2.23. The van der Waals surface area contributed by atoms with Crippen molar-refractivity contribution in [2.45, 2.75) is 18.6 Å². The highest BCUT2D eigenvalue weighted by atomic mass is 19.4. The lowest BCUT2D eigenvalue weighted by Gasteiger charge is -2.18. The van der Waals surface area contributed by atoms with Crippen molar-refractivity contribution in [3.05, 3.63) is 35.1 Å². The predicted octanol–water partition coefficient (Wildman–Crippen LogP) is 3.33. The molecule has 0 spiro atoms. The van der Waals surface area contributed by atoms with E-state index in [4.69, 9.17) is 0 Å². The van der Waals surface area contributed by atoms with Gasteiger partial charge in [-0.3, -0.25) is 0 Å². The molecular formula is C12H13F6NO. The molecule has 2 nitrogen and oxygen atoms in total. The van der Waals surface area contributed by atoms with Crippen molar-refractivity contribution in [3.63, 3.8) is 0 Å². The molecule has 20 heavy (non-hydrogen) atoms. The third-order valence-corrected chi connectivity index (χ3v) is 2.58. The summed E-state index contributed by atoms with van der Waals surface area (Å²) in [5.41, 5.74) is -0.165. The summed E-state index contributed by atoms with van der Waals surface area (Å²) in [5, 5.41) is 2.61. The van der Waals surface area contributed by atoms with Crippen LogP contribution in [0.15, 0.2) is 12.1 Å². The van der Waals surface area contributed by atoms with Crippen molar-refractivity contribution < 1.29 is 31.1 Å². The van der Waals surface area contributed by atoms with Crippen molar-refractivity contribution in [1.29, 1.82) is 0 Å². The van der Waals surface area contributed by atoms with Crippen LogP contribution in [-0.2, 0) is 4.74 Å². The summed E-state index contributed by atoms with van der Waals surface area (Å²) in [4.78, 5) is 0. The Kier molecular flexibility index (Phi) is 5.82. The molecule has 0 bridgehead atoms. The maximum absolute atomic E-state index is 13.5. The summed E-state index contributed by atoms with van der Waals surface area (Å²) in [6.07, 6.45) is -4.46. The highest BCUT2D eigenvalue weighted by molar-refractivity contribution is 5.23. The number of hydrogen-bond donors (Lipinski definition) is 1. The van der Waals surface area contributed by atoms with Crippen LogP contribution in [0.1, 0.15) is 18.0 Å². The second-order valence-corrected chi connectivity index (χ2v) is 4.09. The number of ether oxygens (including phenoxy) is 1. The van der Waals surface area contributed by atoms with E-state index in [1.54, 1.807) is 0 Å². The van der Waals surface area contributed by atoms with Gasteiger partial charge >= 0.3 is 6.18 Å². The van der Waals surface area contributed by atoms with Crippen molar-refractivity contribution in [2.75, 3.05) is 20.3 Å². The smallest absolute Gasteiger partial charge is 0.372 e. The summed E-state index contributed by atoms with van der Waals surface area (Å²) in [5.74, 6) is -3.52. The Bertz CT molecular complexity index is 448. The Morgan fingerprint density at radius 2 is 1.70 bits per heavy atom. The van der Waals surface area contributed by atoms with E-state index in [0.29, 0.717) is 12.1 Å². The van der Waals surface area contributed by atoms with E-state index in [2.05, 4.69) is 10.1 Å². The zero-order valence-electron chi connectivity index (χ0n) is 10.5. The van der Waals surface area contributed by atoms with E-state index >= 15 is 0 Å². The van der Waals surface area contributed by atoms with Crippen LogP contribution in [-0.4, -0.2) is 26.4 Å². The van der Waals surface area contributed by atoms with Crippen LogP contribution >= 0.6 is 0 Å². The number of nitrogens with one attached hydrogen (secondary N) is 1. The maximum Gasteiger partial charge on any atom is 0.411 e. The van der Waals surface area contributed by atoms with Gasteiger partial charge in [-0.15, -0.1) is 0 Å². The molecule has 1 aromatic carbocycles. The molecule has 0 saturated heterocycles. The standard InChI is InChI=1S/C12H13F6NO/c1-19-11(2-3-20-6-12(16,17)18)7-4-9(14)10(15)5-8(7)13/h4-5,11,19H,2-3,6H2,1H3. The summed E-state index contributed by atoms with van der Waals surface area (Å²) >= 11 is 0. The molecule has 0 aliphatic carbocycles. The Balaban J connectivity index is 2.65. The average molecular weight is 301 g/mol. The molecule has 1 atom stereocenters. The molecule has 0 radical (unpaired) electrons. The molecule has 1 N–H and O–H groups in total. The summed E-state index contributed by atoms with van der Waals surface area (Å²) < 4.78 is 79.3. The lowest BCUT2D eigenvalue weighted by molar-refractivity contribution is -0.174. The van der Waals surface area contributed by atoms with Crippen LogP contribution in [0.5, 0.6) is 0 Å². The Morgan fingerprint density at radius 3 is 2.25 bits per heavy atom. The molecule has 1 aromatic rings. The lowest BCUT2D eigenvalue weighted by Crippen LogP contribution is -2.22. The van der Waals surface area contributed by atoms with Crippen molar-refractivity contribution in [3.8, 4) is 0 Å². The van der Waals surface area contributed by atoms with Crippen LogP contribution in [0, 0.1) is 17.5 Å². The predicted molar refractivity (Wildman–Crippen MR) is 59.6 cm³/mol. The number of halogens is 6. The molecule has 1 rings (SSSR count). The normalized spacial score (nSPS) is 13.6. The zero-order valence-corrected chi connectivity index (χ0v) is 10.5. The molecule has 0 fully saturated rings. The first-order chi connectivity index (χ1) is 9.24. The fourth-order valence-corrected chi connectivity index (χ4v) is 1.65. The first-order valence-corrected chi connectivity index (χ1v) is 5.71. The lowest BCUT2D eigenvalue weighted by atomic mass is 10.0. The fourth-order valence-electron chi connectivity index (χ4n) is 1.65. The number of hydrogen-bond acceptors (Lipinski definition) is 2. The monoisotopic (exact) mass is 301 g/mol. The van der Waals surface area contributed by atoms with E-state index in [9.17, 15) is 26.3 Å². The molecular weight excluding hydrogens is 288 g/mol. The Morgan fingerprint density at radius 1 is 1.10 bits per heavy atom. The second-order valence-electron chi connectivity index (χ2n) is 4.09. The topological polar surface area (TPSA) is 21.3 Å². The third-order valence-electron chi connectivity index (χ3n) is 2.58. The van der Waals surface area contributed by atoms with Gasteiger partial charge in [0.1, 0.15) is 12.4 Å². The van der Waals surface area contributed by atoms with Crippen LogP contribution < -0.4 is 5.32 Å². The van der Waals surface area contributed by atoms with E-state index in [-0.39, 0.29) is 18.6 Å². The molecule has 0 aromatic heterocycles. The minimum atomic E-state index is -4.44. The van der Waals surface area contributed by atoms with Gasteiger partial charge in [-0.05, 0) is 19.5 Å². The van der Waals surface area contributed by atoms with Crippen molar-refractivity contribution in [1.82, 2.24) is 5.32 Å². The van der Waals surface area contributed by atoms with Crippen molar-refractivity contribution >= 4 is 0 Å².